The molecule has 0 saturated heterocycles. The van der Waals surface area contributed by atoms with E-state index in [1.807, 2.05) is 0 Å². The van der Waals surface area contributed by atoms with Gasteiger partial charge in [0.25, 0.3) is 5.82 Å². The van der Waals surface area contributed by atoms with Gasteiger partial charge in [0, 0.05) is 6.42 Å². The quantitative estimate of drug-likeness (QED) is 0.0613. The third kappa shape index (κ3) is 21.9. The van der Waals surface area contributed by atoms with E-state index in [0.29, 0.717) is 0 Å². The fourth-order valence-corrected chi connectivity index (χ4v) is 6.33. The summed E-state index contributed by atoms with van der Waals surface area (Å²) in [5.41, 5.74) is 0. The highest BCUT2D eigenvalue weighted by molar-refractivity contribution is 4.84. The second-order valence-corrected chi connectivity index (χ2v) is 13.0. The minimum Gasteiger partial charge on any atom is -0.234 e. The zero-order chi connectivity index (χ0) is 28.8. The van der Waals surface area contributed by atoms with Crippen molar-refractivity contribution in [1.29, 1.82) is 0 Å². The summed E-state index contributed by atoms with van der Waals surface area (Å²) in [6.45, 7) is 9.38. The molecule has 1 heterocycles. The first-order valence-electron chi connectivity index (χ1n) is 18.9. The van der Waals surface area contributed by atoms with Crippen LogP contribution in [-0.2, 0) is 19.5 Å². The molecule has 0 unspecified atom stereocenters. The Morgan fingerprint density at radius 2 is 0.775 bits per heavy atom. The Hall–Kier alpha value is -0.790. The molecule has 40 heavy (non-hydrogen) atoms. The average Bonchev–Trinajstić information content (AvgIpc) is 3.35. The lowest BCUT2D eigenvalue weighted by Gasteiger charge is -2.07. The van der Waals surface area contributed by atoms with Crippen molar-refractivity contribution in [3.8, 4) is 0 Å². The average molecular weight is 560 g/mol. The first-order valence-corrected chi connectivity index (χ1v) is 18.9. The molecule has 0 aliphatic heterocycles. The molecule has 0 aromatic carbocycles. The van der Waals surface area contributed by atoms with Crippen LogP contribution in [0.5, 0.6) is 0 Å². The summed E-state index contributed by atoms with van der Waals surface area (Å²) in [7, 11) is 0. The molecule has 0 radical (unpaired) electrons. The highest BCUT2D eigenvalue weighted by atomic mass is 15.1. The van der Waals surface area contributed by atoms with E-state index in [4.69, 9.17) is 0 Å². The van der Waals surface area contributed by atoms with E-state index in [1.54, 1.807) is 5.82 Å². The molecule has 0 bridgehead atoms. The molecular formula is C38H75N2+. The summed E-state index contributed by atoms with van der Waals surface area (Å²) in [6, 6.07) is 0. The zero-order valence-corrected chi connectivity index (χ0v) is 28.2. The minimum atomic E-state index is 1.21. The van der Waals surface area contributed by atoms with Crippen molar-refractivity contribution in [2.75, 3.05) is 0 Å². The molecule has 1 rings (SSSR count). The maximum absolute atomic E-state index is 2.61. The van der Waals surface area contributed by atoms with Crippen molar-refractivity contribution >= 4 is 0 Å². The minimum absolute atomic E-state index is 1.21. The van der Waals surface area contributed by atoms with Crippen LogP contribution in [0.4, 0.5) is 0 Å². The molecular weight excluding hydrogens is 484 g/mol. The maximum Gasteiger partial charge on any atom is 0.256 e. The fourth-order valence-electron chi connectivity index (χ4n) is 6.33. The number of rotatable bonds is 32. The van der Waals surface area contributed by atoms with E-state index < -0.39 is 0 Å². The molecule has 0 atom stereocenters. The largest absolute Gasteiger partial charge is 0.256 e. The molecule has 0 amide bonds. The van der Waals surface area contributed by atoms with E-state index in [9.17, 15) is 0 Å². The Bertz CT molecular complexity index is 619. The number of hydrogen-bond acceptors (Lipinski definition) is 0. The van der Waals surface area contributed by atoms with Crippen molar-refractivity contribution in [3.63, 3.8) is 0 Å². The van der Waals surface area contributed by atoms with Gasteiger partial charge in [0.1, 0.15) is 12.4 Å². The summed E-state index contributed by atoms with van der Waals surface area (Å²) < 4.78 is 5.20. The monoisotopic (exact) mass is 560 g/mol. The van der Waals surface area contributed by atoms with Crippen molar-refractivity contribution in [3.05, 3.63) is 18.2 Å². The third-order valence-electron chi connectivity index (χ3n) is 9.10. The summed E-state index contributed by atoms with van der Waals surface area (Å²) in [5.74, 6) is 1.61. The normalized spacial score (nSPS) is 11.6. The lowest BCUT2D eigenvalue weighted by Crippen LogP contribution is -2.37. The summed E-state index contributed by atoms with van der Waals surface area (Å²) in [4.78, 5) is 0. The third-order valence-corrected chi connectivity index (χ3v) is 9.10. The van der Waals surface area contributed by atoms with Crippen LogP contribution >= 0.6 is 0 Å². The standard InChI is InChI=1S/C38H75N2/c1-4-7-10-12-14-16-17-18-19-20-21-22-23-25-27-29-32-35-40-37-36-39(34-31-9-6-3)38(40)33-30-28-26-24-15-13-11-8-5-2/h36-37H,4-35H2,1-3H3/q+1. The van der Waals surface area contributed by atoms with E-state index in [0.717, 1.165) is 0 Å². The Balaban J connectivity index is 2.10. The van der Waals surface area contributed by atoms with Gasteiger partial charge in [0.05, 0.1) is 13.1 Å². The van der Waals surface area contributed by atoms with Gasteiger partial charge in [-0.25, -0.2) is 9.13 Å². The lowest BCUT2D eigenvalue weighted by atomic mass is 10.0. The zero-order valence-electron chi connectivity index (χ0n) is 28.2. The highest BCUT2D eigenvalue weighted by Crippen LogP contribution is 2.15. The molecule has 2 nitrogen and oxygen atoms in total. The second kappa shape index (κ2) is 29.7. The summed E-state index contributed by atoms with van der Waals surface area (Å²) in [5, 5.41) is 0. The number of nitrogens with zero attached hydrogens (tertiary/aromatic N) is 2. The highest BCUT2D eigenvalue weighted by Gasteiger charge is 2.16. The molecule has 1 aromatic heterocycles. The van der Waals surface area contributed by atoms with Crippen molar-refractivity contribution in [2.24, 2.45) is 0 Å². The second-order valence-electron chi connectivity index (χ2n) is 13.0. The molecule has 0 aliphatic rings. The van der Waals surface area contributed by atoms with Gasteiger partial charge in [0.2, 0.25) is 0 Å². The van der Waals surface area contributed by atoms with E-state index in [-0.39, 0.29) is 0 Å². The van der Waals surface area contributed by atoms with Gasteiger partial charge < -0.3 is 0 Å². The van der Waals surface area contributed by atoms with E-state index >= 15 is 0 Å². The molecule has 0 N–H and O–H groups in total. The number of hydrogen-bond donors (Lipinski definition) is 0. The van der Waals surface area contributed by atoms with Gasteiger partial charge in [-0.05, 0) is 32.1 Å². The van der Waals surface area contributed by atoms with Crippen LogP contribution in [0.2, 0.25) is 0 Å². The Morgan fingerprint density at radius 3 is 1.20 bits per heavy atom. The van der Waals surface area contributed by atoms with Gasteiger partial charge in [-0.3, -0.25) is 0 Å². The topological polar surface area (TPSA) is 8.81 Å². The van der Waals surface area contributed by atoms with Crippen LogP contribution in [-0.4, -0.2) is 4.57 Å². The van der Waals surface area contributed by atoms with Crippen molar-refractivity contribution in [2.45, 2.75) is 226 Å². The maximum atomic E-state index is 2.61. The lowest BCUT2D eigenvalue weighted by molar-refractivity contribution is -0.704. The summed E-state index contributed by atoms with van der Waals surface area (Å²) in [6.07, 6.45) is 47.5. The number of unbranched alkanes of at least 4 members (excludes halogenated alkanes) is 26. The van der Waals surface area contributed by atoms with Gasteiger partial charge in [0.15, 0.2) is 0 Å². The molecule has 2 heteroatoms. The molecule has 0 fully saturated rings. The number of imidazole rings is 1. The van der Waals surface area contributed by atoms with E-state index in [2.05, 4.69) is 42.3 Å². The van der Waals surface area contributed by atoms with Crippen molar-refractivity contribution in [1.82, 2.24) is 4.57 Å². The van der Waals surface area contributed by atoms with Gasteiger partial charge in [-0.1, -0.05) is 175 Å². The predicted octanol–water partition coefficient (Wildman–Crippen LogP) is 12.7. The molecule has 0 aliphatic carbocycles. The van der Waals surface area contributed by atoms with Crippen LogP contribution in [0.3, 0.4) is 0 Å². The Labute approximate surface area is 253 Å². The van der Waals surface area contributed by atoms with Crippen LogP contribution in [0.1, 0.15) is 213 Å². The molecule has 0 spiro atoms. The van der Waals surface area contributed by atoms with Gasteiger partial charge in [-0.15, -0.1) is 0 Å². The molecule has 0 saturated carbocycles. The van der Waals surface area contributed by atoms with Crippen molar-refractivity contribution < 1.29 is 4.57 Å². The molecule has 236 valence electrons. The molecule has 1 aromatic rings. The van der Waals surface area contributed by atoms with Crippen LogP contribution in [0.25, 0.3) is 0 Å². The van der Waals surface area contributed by atoms with Gasteiger partial charge in [-0.2, -0.15) is 0 Å². The van der Waals surface area contributed by atoms with Crippen LogP contribution in [0.15, 0.2) is 12.4 Å². The number of aromatic nitrogens is 2. The Kier molecular flexibility index (Phi) is 27.6. The first kappa shape index (κ1) is 37.2. The predicted molar refractivity (Wildman–Crippen MR) is 179 cm³/mol. The smallest absolute Gasteiger partial charge is 0.234 e. The fraction of sp³-hybridized carbons (Fsp3) is 0.921. The first-order chi connectivity index (χ1) is 19.8. The van der Waals surface area contributed by atoms with Gasteiger partial charge >= 0.3 is 0 Å². The van der Waals surface area contributed by atoms with Crippen LogP contribution < -0.4 is 4.57 Å². The van der Waals surface area contributed by atoms with Crippen LogP contribution in [0, 0.1) is 0 Å². The van der Waals surface area contributed by atoms with E-state index in [1.165, 1.54) is 206 Å². The Morgan fingerprint density at radius 1 is 0.425 bits per heavy atom. The summed E-state index contributed by atoms with van der Waals surface area (Å²) >= 11 is 0. The number of aryl methyl sites for hydroxylation is 2. The SMILES string of the molecule is CCCCCCCCCCCCCCCCCCCn1cc[n+](CCCCC)c1CCCCCCCCCCC.